The lowest BCUT2D eigenvalue weighted by atomic mass is 10.3. The highest BCUT2D eigenvalue weighted by atomic mass is 32.2. The number of aromatic nitrogens is 3. The number of ether oxygens (including phenoxy) is 1. The van der Waals surface area contributed by atoms with Gasteiger partial charge in [0.05, 0.1) is 10.6 Å². The number of nitrogens with two attached hydrogens (primary N) is 1. The zero-order chi connectivity index (χ0) is 22.4. The third-order valence-corrected chi connectivity index (χ3v) is 3.84. The summed E-state index contributed by atoms with van der Waals surface area (Å²) in [4.78, 5) is 4.13. The third-order valence-electron chi connectivity index (χ3n) is 2.91. The molecule has 1 aromatic heterocycles. The molecular weight excluding hydrogens is 394 g/mol. The summed E-state index contributed by atoms with van der Waals surface area (Å²) in [7, 11) is -2.76. The number of hydrogen-bond acceptors (Lipinski definition) is 7. The van der Waals surface area contributed by atoms with E-state index in [9.17, 15) is 8.42 Å². The van der Waals surface area contributed by atoms with Gasteiger partial charge in [-0.05, 0) is 49.8 Å². The van der Waals surface area contributed by atoms with E-state index in [4.69, 9.17) is 26.7 Å². The highest BCUT2D eigenvalue weighted by molar-refractivity contribution is 7.89. The van der Waals surface area contributed by atoms with Gasteiger partial charge in [0.1, 0.15) is 6.07 Å². The molecule has 1 aromatic carbocycles. The first-order valence-corrected chi connectivity index (χ1v) is 9.57. The fraction of sp³-hybridized carbons (Fsp3) is 0.211. The van der Waals surface area contributed by atoms with Crippen LogP contribution in [0.25, 0.3) is 11.3 Å². The minimum Gasteiger partial charge on any atom is -0.447 e. The summed E-state index contributed by atoms with van der Waals surface area (Å²) >= 11 is 0. The van der Waals surface area contributed by atoms with E-state index in [1.807, 2.05) is 19.1 Å². The molecule has 0 saturated carbocycles. The summed E-state index contributed by atoms with van der Waals surface area (Å²) in [6.45, 7) is 7.26. The molecule has 0 aliphatic heterocycles. The minimum atomic E-state index is -3.76. The van der Waals surface area contributed by atoms with Gasteiger partial charge >= 0.3 is 6.01 Å². The van der Waals surface area contributed by atoms with Crippen LogP contribution in [0, 0.1) is 23.7 Å². The van der Waals surface area contributed by atoms with Crippen molar-refractivity contribution >= 4 is 15.6 Å². The molecule has 0 amide bonds. The molecule has 0 radical (unpaired) electrons. The second kappa shape index (κ2) is 12.9. The predicted octanol–water partition coefficient (Wildman–Crippen LogP) is 1.65. The first-order chi connectivity index (χ1) is 13.7. The lowest BCUT2D eigenvalue weighted by Gasteiger charge is -2.05. The lowest BCUT2D eigenvalue weighted by Crippen LogP contribution is -2.12. The molecular formula is C19H23N5O4S. The topological polar surface area (TPSA) is 144 Å². The van der Waals surface area contributed by atoms with Crippen molar-refractivity contribution in [3.63, 3.8) is 0 Å². The van der Waals surface area contributed by atoms with Crippen molar-refractivity contribution in [1.82, 2.24) is 14.8 Å². The molecule has 0 fully saturated rings. The van der Waals surface area contributed by atoms with Gasteiger partial charge in [-0.15, -0.1) is 11.5 Å². The number of allylic oxidation sites excluding steroid dienone is 3. The van der Waals surface area contributed by atoms with Gasteiger partial charge in [-0.1, -0.05) is 18.6 Å². The highest BCUT2D eigenvalue weighted by Crippen LogP contribution is 2.20. The van der Waals surface area contributed by atoms with Crippen molar-refractivity contribution in [2.75, 3.05) is 13.7 Å². The van der Waals surface area contributed by atoms with Gasteiger partial charge in [-0.3, -0.25) is 0 Å². The maximum absolute atomic E-state index is 11.3. The Morgan fingerprint density at radius 1 is 1.41 bits per heavy atom. The average molecular weight is 417 g/mol. The maximum atomic E-state index is 11.3. The van der Waals surface area contributed by atoms with Crippen LogP contribution in [0.5, 0.6) is 6.01 Å². The van der Waals surface area contributed by atoms with E-state index in [0.29, 0.717) is 17.1 Å². The number of nitrogens with zero attached hydrogens (tertiary/aromatic N) is 4. The number of aliphatic hydroxyl groups excluding tert-OH is 1. The van der Waals surface area contributed by atoms with Crippen LogP contribution in [0.3, 0.4) is 0 Å². The molecule has 0 spiro atoms. The molecule has 0 aliphatic rings. The SMILES string of the molecule is C#C/C=C\C.C=C(C)c1nc(OCC#N)nn1-c1ccc(S(N)(=O)=O)cc1.CO. The number of nitriles is 1. The zero-order valence-corrected chi connectivity index (χ0v) is 17.2. The molecule has 0 atom stereocenters. The summed E-state index contributed by atoms with van der Waals surface area (Å²) in [5, 5.41) is 24.7. The molecule has 29 heavy (non-hydrogen) atoms. The van der Waals surface area contributed by atoms with Crippen LogP contribution in [0.4, 0.5) is 0 Å². The molecule has 2 rings (SSSR count). The Labute approximate surface area is 170 Å². The smallest absolute Gasteiger partial charge is 0.337 e. The first kappa shape index (κ1) is 25.6. The van der Waals surface area contributed by atoms with Crippen molar-refractivity contribution in [3.8, 4) is 30.1 Å². The largest absolute Gasteiger partial charge is 0.447 e. The van der Waals surface area contributed by atoms with Crippen molar-refractivity contribution in [2.24, 2.45) is 5.14 Å². The van der Waals surface area contributed by atoms with E-state index in [0.717, 1.165) is 7.11 Å². The highest BCUT2D eigenvalue weighted by Gasteiger charge is 2.14. The Balaban J connectivity index is 0.000000977. The average Bonchev–Trinajstić information content (AvgIpc) is 3.13. The molecule has 0 saturated heterocycles. The van der Waals surface area contributed by atoms with Crippen LogP contribution in [0.15, 0.2) is 47.9 Å². The number of benzene rings is 1. The molecule has 0 unspecified atom stereocenters. The van der Waals surface area contributed by atoms with Gasteiger partial charge in [0.25, 0.3) is 0 Å². The van der Waals surface area contributed by atoms with Gasteiger partial charge in [0, 0.05) is 7.11 Å². The Morgan fingerprint density at radius 2 is 2.00 bits per heavy atom. The van der Waals surface area contributed by atoms with Gasteiger partial charge in [0.15, 0.2) is 12.4 Å². The summed E-state index contributed by atoms with van der Waals surface area (Å²) in [6.07, 6.45) is 8.27. The summed E-state index contributed by atoms with van der Waals surface area (Å²) in [6, 6.07) is 7.66. The van der Waals surface area contributed by atoms with E-state index in [-0.39, 0.29) is 17.5 Å². The summed E-state index contributed by atoms with van der Waals surface area (Å²) in [5.41, 5.74) is 1.19. The van der Waals surface area contributed by atoms with Crippen LogP contribution >= 0.6 is 0 Å². The van der Waals surface area contributed by atoms with Crippen LogP contribution < -0.4 is 9.88 Å². The summed E-state index contributed by atoms with van der Waals surface area (Å²) < 4.78 is 29.0. The number of primary sulfonamides is 1. The number of hydrogen-bond donors (Lipinski definition) is 2. The molecule has 10 heteroatoms. The fourth-order valence-corrected chi connectivity index (χ4v) is 2.30. The van der Waals surface area contributed by atoms with E-state index in [1.54, 1.807) is 13.0 Å². The van der Waals surface area contributed by atoms with Crippen molar-refractivity contribution in [2.45, 2.75) is 18.7 Å². The molecule has 9 nitrogen and oxygen atoms in total. The lowest BCUT2D eigenvalue weighted by molar-refractivity contribution is 0.337. The number of terminal acetylenes is 1. The molecule has 154 valence electrons. The molecule has 0 aliphatic carbocycles. The summed E-state index contributed by atoms with van der Waals surface area (Å²) in [5.74, 6) is 2.78. The van der Waals surface area contributed by atoms with E-state index in [1.165, 1.54) is 28.9 Å². The van der Waals surface area contributed by atoms with Crippen LogP contribution in [-0.4, -0.2) is 42.0 Å². The third kappa shape index (κ3) is 8.41. The van der Waals surface area contributed by atoms with Gasteiger partial charge in [-0.25, -0.2) is 18.2 Å². The quantitative estimate of drug-likeness (QED) is 0.704. The van der Waals surface area contributed by atoms with Crippen molar-refractivity contribution in [3.05, 3.63) is 48.8 Å². The maximum Gasteiger partial charge on any atom is 0.337 e. The number of sulfonamides is 1. The Bertz CT molecular complexity index is 1010. The molecule has 2 aromatic rings. The van der Waals surface area contributed by atoms with Crippen LogP contribution in [-0.2, 0) is 10.0 Å². The van der Waals surface area contributed by atoms with Crippen LogP contribution in [0.2, 0.25) is 0 Å². The second-order valence-electron chi connectivity index (χ2n) is 5.06. The Morgan fingerprint density at radius 3 is 2.38 bits per heavy atom. The predicted molar refractivity (Wildman–Crippen MR) is 110 cm³/mol. The minimum absolute atomic E-state index is 0.00538. The standard InChI is InChI=1S/C13H13N5O3S.C5H6.CH4O/c1-9(2)12-16-13(21-8-7-14)17-18(12)10-3-5-11(6-4-10)22(15,19)20;1-3-5-4-2;1-2/h3-6H,1,8H2,2H3,(H2,15,19,20);1,4-5H,2H3;2H,1H3/b;5-4-;. The first-order valence-electron chi connectivity index (χ1n) is 8.02. The zero-order valence-electron chi connectivity index (χ0n) is 16.4. The van der Waals surface area contributed by atoms with Gasteiger partial charge < -0.3 is 9.84 Å². The normalized spacial score (nSPS) is 9.90. The Kier molecular flexibility index (Phi) is 11.3. The second-order valence-corrected chi connectivity index (χ2v) is 6.62. The van der Waals surface area contributed by atoms with Crippen molar-refractivity contribution < 1.29 is 18.3 Å². The van der Waals surface area contributed by atoms with E-state index < -0.39 is 10.0 Å². The van der Waals surface area contributed by atoms with E-state index >= 15 is 0 Å². The monoisotopic (exact) mass is 417 g/mol. The molecule has 0 bridgehead atoms. The fourth-order valence-electron chi connectivity index (χ4n) is 1.78. The number of rotatable bonds is 5. The van der Waals surface area contributed by atoms with Crippen molar-refractivity contribution in [1.29, 1.82) is 5.26 Å². The van der Waals surface area contributed by atoms with E-state index in [2.05, 4.69) is 22.6 Å². The van der Waals surface area contributed by atoms with Crippen LogP contribution in [0.1, 0.15) is 19.7 Å². The van der Waals surface area contributed by atoms with Gasteiger partial charge in [0.2, 0.25) is 10.0 Å². The Hall–Kier alpha value is -3.44. The number of aliphatic hydroxyl groups is 1. The molecule has 3 N–H and O–H groups in total. The molecule has 1 heterocycles. The van der Waals surface area contributed by atoms with Gasteiger partial charge in [-0.2, -0.15) is 10.2 Å².